The SMILES string of the molecule is O=Cc1ccc(OC2CCCCCC2)c(Cl)c1. The summed E-state index contributed by atoms with van der Waals surface area (Å²) in [7, 11) is 0. The highest BCUT2D eigenvalue weighted by Gasteiger charge is 2.15. The average Bonchev–Trinajstić information content (AvgIpc) is 2.60. The monoisotopic (exact) mass is 252 g/mol. The molecule has 1 aliphatic carbocycles. The molecule has 2 rings (SSSR count). The quantitative estimate of drug-likeness (QED) is 0.594. The van der Waals surface area contributed by atoms with E-state index >= 15 is 0 Å². The maximum atomic E-state index is 10.6. The van der Waals surface area contributed by atoms with Crippen molar-refractivity contribution in [2.45, 2.75) is 44.6 Å². The molecule has 0 unspecified atom stereocenters. The number of benzene rings is 1. The van der Waals surface area contributed by atoms with E-state index in [0.29, 0.717) is 16.3 Å². The van der Waals surface area contributed by atoms with Crippen molar-refractivity contribution in [3.05, 3.63) is 28.8 Å². The van der Waals surface area contributed by atoms with Gasteiger partial charge in [0.05, 0.1) is 11.1 Å². The Morgan fingerprint density at radius 1 is 1.18 bits per heavy atom. The summed E-state index contributed by atoms with van der Waals surface area (Å²) in [5.41, 5.74) is 0.586. The van der Waals surface area contributed by atoms with E-state index in [0.717, 1.165) is 19.1 Å². The molecular formula is C14H17ClO2. The summed E-state index contributed by atoms with van der Waals surface area (Å²) in [6.45, 7) is 0. The van der Waals surface area contributed by atoms with Crippen molar-refractivity contribution in [1.82, 2.24) is 0 Å². The van der Waals surface area contributed by atoms with E-state index in [1.165, 1.54) is 25.7 Å². The van der Waals surface area contributed by atoms with Gasteiger partial charge in [0.15, 0.2) is 0 Å². The molecule has 0 spiro atoms. The largest absolute Gasteiger partial charge is 0.489 e. The fraction of sp³-hybridized carbons (Fsp3) is 0.500. The number of carbonyl (C=O) groups is 1. The predicted octanol–water partition coefficient (Wildman–Crippen LogP) is 4.25. The molecular weight excluding hydrogens is 236 g/mol. The third-order valence-electron chi connectivity index (χ3n) is 3.19. The van der Waals surface area contributed by atoms with Crippen LogP contribution in [0.1, 0.15) is 48.9 Å². The Kier molecular flexibility index (Phi) is 4.43. The summed E-state index contributed by atoms with van der Waals surface area (Å²) in [5.74, 6) is 0.698. The molecule has 0 saturated heterocycles. The standard InChI is InChI=1S/C14H17ClO2/c15-13-9-11(10-16)7-8-14(13)17-12-5-3-1-2-4-6-12/h7-10,12H,1-6H2. The van der Waals surface area contributed by atoms with Gasteiger partial charge in [-0.1, -0.05) is 24.4 Å². The molecule has 1 aromatic rings. The molecule has 0 amide bonds. The second-order valence-electron chi connectivity index (χ2n) is 4.54. The third-order valence-corrected chi connectivity index (χ3v) is 3.48. The minimum atomic E-state index is 0.275. The Morgan fingerprint density at radius 2 is 1.88 bits per heavy atom. The Bertz CT molecular complexity index is 382. The van der Waals surface area contributed by atoms with Crippen molar-refractivity contribution in [2.24, 2.45) is 0 Å². The van der Waals surface area contributed by atoms with Gasteiger partial charge in [0.1, 0.15) is 12.0 Å². The number of hydrogen-bond acceptors (Lipinski definition) is 2. The molecule has 3 heteroatoms. The van der Waals surface area contributed by atoms with Gasteiger partial charge in [-0.25, -0.2) is 0 Å². The van der Waals surface area contributed by atoms with Crippen molar-refractivity contribution < 1.29 is 9.53 Å². The van der Waals surface area contributed by atoms with Crippen LogP contribution < -0.4 is 4.74 Å². The molecule has 0 heterocycles. The van der Waals surface area contributed by atoms with Crippen LogP contribution in [-0.4, -0.2) is 12.4 Å². The van der Waals surface area contributed by atoms with E-state index in [2.05, 4.69) is 0 Å². The molecule has 0 bridgehead atoms. The first-order valence-corrected chi connectivity index (χ1v) is 6.59. The van der Waals surface area contributed by atoms with Gasteiger partial charge in [-0.3, -0.25) is 4.79 Å². The maximum absolute atomic E-state index is 10.6. The van der Waals surface area contributed by atoms with E-state index in [-0.39, 0.29) is 6.10 Å². The van der Waals surface area contributed by atoms with Gasteiger partial charge >= 0.3 is 0 Å². The van der Waals surface area contributed by atoms with E-state index < -0.39 is 0 Å². The highest BCUT2D eigenvalue weighted by atomic mass is 35.5. The molecule has 0 radical (unpaired) electrons. The Hall–Kier alpha value is -1.02. The molecule has 0 aliphatic heterocycles. The highest BCUT2D eigenvalue weighted by molar-refractivity contribution is 6.32. The molecule has 1 saturated carbocycles. The summed E-state index contributed by atoms with van der Waals surface area (Å²) in [5, 5.41) is 0.527. The predicted molar refractivity (Wildman–Crippen MR) is 69.0 cm³/mol. The summed E-state index contributed by atoms with van der Waals surface area (Å²) < 4.78 is 5.92. The van der Waals surface area contributed by atoms with Crippen LogP contribution in [0.3, 0.4) is 0 Å². The van der Waals surface area contributed by atoms with Crippen molar-refractivity contribution >= 4 is 17.9 Å². The Morgan fingerprint density at radius 3 is 2.47 bits per heavy atom. The van der Waals surface area contributed by atoms with Crippen LogP contribution in [0.2, 0.25) is 5.02 Å². The number of halogens is 1. The lowest BCUT2D eigenvalue weighted by Crippen LogP contribution is -2.15. The molecule has 0 atom stereocenters. The molecule has 1 aliphatic rings. The number of rotatable bonds is 3. The molecule has 1 aromatic carbocycles. The van der Waals surface area contributed by atoms with Crippen LogP contribution in [0.5, 0.6) is 5.75 Å². The van der Waals surface area contributed by atoms with Gasteiger partial charge in [-0.05, 0) is 43.9 Å². The summed E-state index contributed by atoms with van der Waals surface area (Å²) in [6.07, 6.45) is 8.34. The minimum absolute atomic E-state index is 0.275. The average molecular weight is 253 g/mol. The van der Waals surface area contributed by atoms with E-state index in [1.54, 1.807) is 18.2 Å². The van der Waals surface area contributed by atoms with Crippen LogP contribution in [-0.2, 0) is 0 Å². The Labute approximate surface area is 107 Å². The summed E-state index contributed by atoms with van der Waals surface area (Å²) in [6, 6.07) is 5.18. The lowest BCUT2D eigenvalue weighted by molar-refractivity contribution is 0.112. The van der Waals surface area contributed by atoms with Gasteiger partial charge in [0.25, 0.3) is 0 Å². The van der Waals surface area contributed by atoms with Crippen LogP contribution in [0, 0.1) is 0 Å². The molecule has 0 N–H and O–H groups in total. The summed E-state index contributed by atoms with van der Waals surface area (Å²) >= 11 is 6.08. The summed E-state index contributed by atoms with van der Waals surface area (Å²) in [4.78, 5) is 10.6. The zero-order valence-corrected chi connectivity index (χ0v) is 10.6. The first-order chi connectivity index (χ1) is 8.29. The molecule has 2 nitrogen and oxygen atoms in total. The number of carbonyl (C=O) groups excluding carboxylic acids is 1. The van der Waals surface area contributed by atoms with Gasteiger partial charge in [-0.15, -0.1) is 0 Å². The van der Waals surface area contributed by atoms with Crippen LogP contribution in [0.25, 0.3) is 0 Å². The normalized spacial score (nSPS) is 17.5. The second-order valence-corrected chi connectivity index (χ2v) is 4.95. The fourth-order valence-electron chi connectivity index (χ4n) is 2.23. The van der Waals surface area contributed by atoms with Gasteiger partial charge < -0.3 is 4.74 Å². The fourth-order valence-corrected chi connectivity index (χ4v) is 2.46. The highest BCUT2D eigenvalue weighted by Crippen LogP contribution is 2.29. The van der Waals surface area contributed by atoms with Crippen LogP contribution in [0.4, 0.5) is 0 Å². The third kappa shape index (κ3) is 3.47. The molecule has 0 aromatic heterocycles. The first kappa shape index (κ1) is 12.4. The number of hydrogen-bond donors (Lipinski definition) is 0. The van der Waals surface area contributed by atoms with Crippen molar-refractivity contribution in [2.75, 3.05) is 0 Å². The lowest BCUT2D eigenvalue weighted by atomic mass is 10.1. The molecule has 92 valence electrons. The Balaban J connectivity index is 2.04. The van der Waals surface area contributed by atoms with Crippen LogP contribution in [0.15, 0.2) is 18.2 Å². The zero-order valence-electron chi connectivity index (χ0n) is 9.82. The lowest BCUT2D eigenvalue weighted by Gasteiger charge is -2.17. The first-order valence-electron chi connectivity index (χ1n) is 6.21. The zero-order chi connectivity index (χ0) is 12.1. The van der Waals surface area contributed by atoms with E-state index in [1.807, 2.05) is 0 Å². The van der Waals surface area contributed by atoms with Crippen molar-refractivity contribution in [1.29, 1.82) is 0 Å². The smallest absolute Gasteiger partial charge is 0.150 e. The van der Waals surface area contributed by atoms with Crippen molar-refractivity contribution in [3.63, 3.8) is 0 Å². The van der Waals surface area contributed by atoms with Crippen LogP contribution >= 0.6 is 11.6 Å². The topological polar surface area (TPSA) is 26.3 Å². The van der Waals surface area contributed by atoms with E-state index in [4.69, 9.17) is 16.3 Å². The molecule has 1 fully saturated rings. The molecule has 17 heavy (non-hydrogen) atoms. The van der Waals surface area contributed by atoms with Crippen molar-refractivity contribution in [3.8, 4) is 5.75 Å². The van der Waals surface area contributed by atoms with Gasteiger partial charge in [-0.2, -0.15) is 0 Å². The van der Waals surface area contributed by atoms with Gasteiger partial charge in [0.2, 0.25) is 0 Å². The number of aldehydes is 1. The number of ether oxygens (including phenoxy) is 1. The van der Waals surface area contributed by atoms with Gasteiger partial charge in [0, 0.05) is 5.56 Å². The maximum Gasteiger partial charge on any atom is 0.150 e. The van der Waals surface area contributed by atoms with E-state index in [9.17, 15) is 4.79 Å². The second kappa shape index (κ2) is 6.06. The minimum Gasteiger partial charge on any atom is -0.489 e.